The molecular formula is C18H16ClN3O3. The van der Waals surface area contributed by atoms with Gasteiger partial charge in [0.25, 0.3) is 5.91 Å². The fraction of sp³-hybridized carbons (Fsp3) is 0.222. The molecule has 1 fully saturated rings. The summed E-state index contributed by atoms with van der Waals surface area (Å²) in [6, 6.07) is 12.5. The van der Waals surface area contributed by atoms with Gasteiger partial charge in [-0.15, -0.1) is 0 Å². The number of amides is 1. The van der Waals surface area contributed by atoms with Crippen LogP contribution < -0.4 is 10.4 Å². The summed E-state index contributed by atoms with van der Waals surface area (Å²) >= 11 is 6.08. The first-order valence-corrected chi connectivity index (χ1v) is 8.30. The Balaban J connectivity index is 1.45. The third-order valence-electron chi connectivity index (χ3n) is 4.42. The molecule has 1 saturated heterocycles. The van der Waals surface area contributed by atoms with Gasteiger partial charge in [0.2, 0.25) is 0 Å². The van der Waals surface area contributed by atoms with E-state index >= 15 is 0 Å². The molecule has 1 aromatic heterocycles. The second-order valence-corrected chi connectivity index (χ2v) is 6.51. The Labute approximate surface area is 148 Å². The minimum Gasteiger partial charge on any atom is -0.485 e. The van der Waals surface area contributed by atoms with E-state index in [1.165, 1.54) is 4.57 Å². The molecule has 0 aliphatic carbocycles. The Morgan fingerprint density at radius 2 is 2.00 bits per heavy atom. The van der Waals surface area contributed by atoms with Crippen molar-refractivity contribution in [2.24, 2.45) is 7.05 Å². The molecule has 2 heterocycles. The molecule has 1 N–H and O–H groups in total. The largest absolute Gasteiger partial charge is 0.485 e. The predicted molar refractivity (Wildman–Crippen MR) is 95.3 cm³/mol. The number of hydrogen-bond donors (Lipinski definition) is 1. The number of fused-ring (bicyclic) bond motifs is 1. The summed E-state index contributed by atoms with van der Waals surface area (Å²) in [4.78, 5) is 28.7. The second kappa shape index (κ2) is 5.97. The molecule has 0 unspecified atom stereocenters. The first-order valence-electron chi connectivity index (χ1n) is 7.92. The number of hydrogen-bond acceptors (Lipinski definition) is 3. The number of nitrogens with one attached hydrogen (secondary N) is 1. The summed E-state index contributed by atoms with van der Waals surface area (Å²) in [5.41, 5.74) is 1.77. The number of carbonyl (C=O) groups is 1. The number of nitrogens with zero attached hydrogens (tertiary/aromatic N) is 2. The number of likely N-dealkylation sites (tertiary alicyclic amines) is 1. The van der Waals surface area contributed by atoms with Crippen LogP contribution in [-0.2, 0) is 7.05 Å². The highest BCUT2D eigenvalue weighted by atomic mass is 35.5. The van der Waals surface area contributed by atoms with Crippen LogP contribution in [0.1, 0.15) is 10.4 Å². The van der Waals surface area contributed by atoms with E-state index < -0.39 is 0 Å². The average molecular weight is 358 g/mol. The number of benzene rings is 2. The molecule has 0 atom stereocenters. The van der Waals surface area contributed by atoms with Gasteiger partial charge in [-0.2, -0.15) is 0 Å². The Morgan fingerprint density at radius 1 is 1.24 bits per heavy atom. The summed E-state index contributed by atoms with van der Waals surface area (Å²) in [6.45, 7) is 1.01. The van der Waals surface area contributed by atoms with E-state index in [1.807, 2.05) is 18.2 Å². The molecule has 0 radical (unpaired) electrons. The molecule has 25 heavy (non-hydrogen) atoms. The number of aromatic nitrogens is 2. The molecule has 1 aliphatic rings. The van der Waals surface area contributed by atoms with Crippen LogP contribution in [0, 0.1) is 0 Å². The molecule has 4 rings (SSSR count). The highest BCUT2D eigenvalue weighted by Crippen LogP contribution is 2.27. The van der Waals surface area contributed by atoms with Crippen molar-refractivity contribution in [3.05, 3.63) is 63.5 Å². The number of para-hydroxylation sites is 1. The van der Waals surface area contributed by atoms with Crippen molar-refractivity contribution in [1.29, 1.82) is 0 Å². The number of imidazole rings is 1. The highest BCUT2D eigenvalue weighted by Gasteiger charge is 2.33. The third-order valence-corrected chi connectivity index (χ3v) is 4.73. The Kier molecular flexibility index (Phi) is 3.77. The summed E-state index contributed by atoms with van der Waals surface area (Å²) in [5.74, 6) is 0.551. The number of rotatable bonds is 3. The number of carbonyl (C=O) groups excluding carboxylic acids is 1. The maximum absolute atomic E-state index is 12.6. The maximum atomic E-state index is 12.6. The van der Waals surface area contributed by atoms with E-state index in [0.717, 1.165) is 5.52 Å². The predicted octanol–water partition coefficient (Wildman–Crippen LogP) is 2.42. The number of aromatic amines is 1. The lowest BCUT2D eigenvalue weighted by Crippen LogP contribution is -2.56. The molecule has 1 amide bonds. The maximum Gasteiger partial charge on any atom is 0.326 e. The summed E-state index contributed by atoms with van der Waals surface area (Å²) < 4.78 is 7.32. The van der Waals surface area contributed by atoms with Gasteiger partial charge < -0.3 is 14.6 Å². The van der Waals surface area contributed by atoms with Gasteiger partial charge in [-0.1, -0.05) is 23.7 Å². The average Bonchev–Trinajstić information content (AvgIpc) is 2.85. The Bertz CT molecular complexity index is 1020. The number of aryl methyl sites for hydroxylation is 1. The molecule has 0 saturated carbocycles. The normalized spacial score (nSPS) is 14.6. The summed E-state index contributed by atoms with van der Waals surface area (Å²) in [5, 5.41) is 0.561. The zero-order chi connectivity index (χ0) is 17.6. The van der Waals surface area contributed by atoms with Crippen LogP contribution in [-0.4, -0.2) is 39.6 Å². The zero-order valence-corrected chi connectivity index (χ0v) is 14.3. The van der Waals surface area contributed by atoms with Gasteiger partial charge in [-0.05, 0) is 30.3 Å². The molecule has 3 aromatic rings. The fourth-order valence-corrected chi connectivity index (χ4v) is 3.13. The standard InChI is InChI=1S/C18H16ClN3O3/c1-21-15-7-6-11(8-14(15)20-18(21)24)17(23)22-9-12(10-22)25-16-5-3-2-4-13(16)19/h2-8,12H,9-10H2,1H3,(H,20,24). The molecular weight excluding hydrogens is 342 g/mol. The van der Waals surface area contributed by atoms with Crippen LogP contribution in [0.25, 0.3) is 11.0 Å². The van der Waals surface area contributed by atoms with E-state index in [9.17, 15) is 9.59 Å². The number of ether oxygens (including phenoxy) is 1. The second-order valence-electron chi connectivity index (χ2n) is 6.10. The van der Waals surface area contributed by atoms with Gasteiger partial charge in [-0.25, -0.2) is 4.79 Å². The SMILES string of the molecule is Cn1c(=O)[nH]c2cc(C(=O)N3CC(Oc4ccccc4Cl)C3)ccc21. The minimum absolute atomic E-state index is 0.0656. The van der Waals surface area contributed by atoms with Crippen molar-refractivity contribution < 1.29 is 9.53 Å². The van der Waals surface area contributed by atoms with Gasteiger partial charge in [-0.3, -0.25) is 9.36 Å². The zero-order valence-electron chi connectivity index (χ0n) is 13.5. The fourth-order valence-electron chi connectivity index (χ4n) is 2.95. The molecule has 0 spiro atoms. The van der Waals surface area contributed by atoms with Gasteiger partial charge in [0, 0.05) is 12.6 Å². The monoisotopic (exact) mass is 357 g/mol. The van der Waals surface area contributed by atoms with Crippen LogP contribution in [0.2, 0.25) is 5.02 Å². The first kappa shape index (κ1) is 15.8. The van der Waals surface area contributed by atoms with Crippen LogP contribution in [0.3, 0.4) is 0 Å². The minimum atomic E-state index is -0.197. The van der Waals surface area contributed by atoms with Crippen molar-refractivity contribution in [1.82, 2.24) is 14.5 Å². The van der Waals surface area contributed by atoms with Gasteiger partial charge in [0.05, 0.1) is 29.1 Å². The lowest BCUT2D eigenvalue weighted by molar-refractivity contribution is 0.0178. The molecule has 0 bridgehead atoms. The third kappa shape index (κ3) is 2.78. The van der Waals surface area contributed by atoms with Crippen molar-refractivity contribution in [3.8, 4) is 5.75 Å². The van der Waals surface area contributed by atoms with E-state index in [2.05, 4.69) is 4.98 Å². The molecule has 6 nitrogen and oxygen atoms in total. The van der Waals surface area contributed by atoms with Crippen LogP contribution in [0.15, 0.2) is 47.3 Å². The van der Waals surface area contributed by atoms with Gasteiger partial charge in [0.1, 0.15) is 11.9 Å². The molecule has 1 aliphatic heterocycles. The van der Waals surface area contributed by atoms with Crippen molar-refractivity contribution >= 4 is 28.5 Å². The van der Waals surface area contributed by atoms with Crippen molar-refractivity contribution in [3.63, 3.8) is 0 Å². The summed E-state index contributed by atoms with van der Waals surface area (Å²) in [6.07, 6.45) is -0.0656. The molecule has 7 heteroatoms. The smallest absolute Gasteiger partial charge is 0.326 e. The van der Waals surface area contributed by atoms with E-state index in [-0.39, 0.29) is 17.7 Å². The van der Waals surface area contributed by atoms with E-state index in [1.54, 1.807) is 36.2 Å². The van der Waals surface area contributed by atoms with E-state index in [0.29, 0.717) is 34.9 Å². The quantitative estimate of drug-likeness (QED) is 0.782. The topological polar surface area (TPSA) is 67.3 Å². The number of halogens is 1. The molecule has 128 valence electrons. The first-order chi connectivity index (χ1) is 12.0. The van der Waals surface area contributed by atoms with E-state index in [4.69, 9.17) is 16.3 Å². The lowest BCUT2D eigenvalue weighted by atomic mass is 10.1. The van der Waals surface area contributed by atoms with Crippen molar-refractivity contribution in [2.75, 3.05) is 13.1 Å². The van der Waals surface area contributed by atoms with Crippen molar-refractivity contribution in [2.45, 2.75) is 6.10 Å². The Morgan fingerprint density at radius 3 is 2.76 bits per heavy atom. The van der Waals surface area contributed by atoms with Gasteiger partial charge >= 0.3 is 5.69 Å². The number of H-pyrrole nitrogens is 1. The van der Waals surface area contributed by atoms with Crippen LogP contribution in [0.5, 0.6) is 5.75 Å². The van der Waals surface area contributed by atoms with Crippen LogP contribution in [0.4, 0.5) is 0 Å². The Hall–Kier alpha value is -2.73. The highest BCUT2D eigenvalue weighted by molar-refractivity contribution is 6.32. The summed E-state index contributed by atoms with van der Waals surface area (Å²) in [7, 11) is 1.69. The lowest BCUT2D eigenvalue weighted by Gasteiger charge is -2.39. The van der Waals surface area contributed by atoms with Gasteiger partial charge in [0.15, 0.2) is 0 Å². The van der Waals surface area contributed by atoms with Crippen LogP contribution >= 0.6 is 11.6 Å². The molecule has 2 aromatic carbocycles.